The molecule has 2 aromatic heterocycles. The molecule has 0 N–H and O–H groups in total. The molecule has 182 valence electrons. The lowest BCUT2D eigenvalue weighted by Crippen LogP contribution is -2.45. The van der Waals surface area contributed by atoms with E-state index in [2.05, 4.69) is 37.0 Å². The highest BCUT2D eigenvalue weighted by Gasteiger charge is 2.22. The monoisotopic (exact) mass is 476 g/mol. The summed E-state index contributed by atoms with van der Waals surface area (Å²) in [7, 11) is 3.22. The number of aryl methyl sites for hydroxylation is 1. The molecule has 0 radical (unpaired) electrons. The largest absolute Gasteiger partial charge is 0.497 e. The van der Waals surface area contributed by atoms with Crippen molar-refractivity contribution in [2.75, 3.05) is 40.4 Å². The van der Waals surface area contributed by atoms with E-state index < -0.39 is 0 Å². The van der Waals surface area contributed by atoms with Crippen LogP contribution in [-0.2, 0) is 13.1 Å². The highest BCUT2D eigenvalue weighted by Crippen LogP contribution is 2.31. The minimum Gasteiger partial charge on any atom is -0.497 e. The maximum absolute atomic E-state index is 5.52. The van der Waals surface area contributed by atoms with Gasteiger partial charge in [-0.2, -0.15) is 9.97 Å². The SMILES string of the molecule is COc1ccc(-c2noc(CN3CCN(Cc4nc(-c5ccc(C)cc5)no4)CC3)n2)c(OC)c1. The standard InChI is InChI=1S/C25H28N6O4/c1-17-4-6-18(7-5-17)24-26-22(34-28-24)15-30-10-12-31(13-11-30)16-23-27-25(29-35-23)20-9-8-19(32-2)14-21(20)33-3/h4-9,14H,10-13,15-16H2,1-3H3. The molecule has 10 nitrogen and oxygen atoms in total. The molecule has 0 spiro atoms. The summed E-state index contributed by atoms with van der Waals surface area (Å²) in [6.07, 6.45) is 0. The Hall–Kier alpha value is -3.76. The average Bonchev–Trinajstić information content (AvgIpc) is 3.55. The Morgan fingerprint density at radius 1 is 0.771 bits per heavy atom. The van der Waals surface area contributed by atoms with Gasteiger partial charge in [-0.05, 0) is 19.1 Å². The van der Waals surface area contributed by atoms with Crippen molar-refractivity contribution < 1.29 is 18.5 Å². The second-order valence-electron chi connectivity index (χ2n) is 8.51. The maximum Gasteiger partial charge on any atom is 0.241 e. The number of ether oxygens (including phenoxy) is 2. The molecule has 2 aromatic carbocycles. The molecule has 0 amide bonds. The van der Waals surface area contributed by atoms with Crippen LogP contribution in [0, 0.1) is 6.92 Å². The molecule has 1 saturated heterocycles. The van der Waals surface area contributed by atoms with Crippen molar-refractivity contribution >= 4 is 0 Å². The van der Waals surface area contributed by atoms with Gasteiger partial charge >= 0.3 is 0 Å². The molecule has 35 heavy (non-hydrogen) atoms. The molecule has 0 bridgehead atoms. The van der Waals surface area contributed by atoms with Gasteiger partial charge in [-0.25, -0.2) is 0 Å². The number of hydrogen-bond acceptors (Lipinski definition) is 10. The van der Waals surface area contributed by atoms with Gasteiger partial charge in [0, 0.05) is 37.8 Å². The summed E-state index contributed by atoms with van der Waals surface area (Å²) >= 11 is 0. The van der Waals surface area contributed by atoms with E-state index in [-0.39, 0.29) is 0 Å². The van der Waals surface area contributed by atoms with Crippen LogP contribution in [0.1, 0.15) is 17.3 Å². The van der Waals surface area contributed by atoms with Gasteiger partial charge in [-0.15, -0.1) is 0 Å². The molecule has 1 aliphatic heterocycles. The number of aromatic nitrogens is 4. The van der Waals surface area contributed by atoms with Crippen molar-refractivity contribution in [3.05, 3.63) is 59.8 Å². The zero-order valence-corrected chi connectivity index (χ0v) is 20.1. The van der Waals surface area contributed by atoms with Crippen molar-refractivity contribution in [1.29, 1.82) is 0 Å². The Balaban J connectivity index is 1.14. The fourth-order valence-electron chi connectivity index (χ4n) is 4.04. The van der Waals surface area contributed by atoms with Gasteiger partial charge < -0.3 is 18.5 Å². The van der Waals surface area contributed by atoms with E-state index in [0.717, 1.165) is 37.3 Å². The summed E-state index contributed by atoms with van der Waals surface area (Å²) in [5.41, 5.74) is 2.92. The Labute approximate surface area is 203 Å². The second kappa shape index (κ2) is 10.2. The highest BCUT2D eigenvalue weighted by molar-refractivity contribution is 5.65. The molecule has 1 aliphatic rings. The highest BCUT2D eigenvalue weighted by atomic mass is 16.5. The third-order valence-electron chi connectivity index (χ3n) is 6.08. The van der Waals surface area contributed by atoms with Crippen LogP contribution in [0.3, 0.4) is 0 Å². The number of piperazine rings is 1. The summed E-state index contributed by atoms with van der Waals surface area (Å²) in [6, 6.07) is 13.6. The van der Waals surface area contributed by atoms with Gasteiger partial charge in [0.1, 0.15) is 11.5 Å². The van der Waals surface area contributed by atoms with Crippen molar-refractivity contribution in [2.24, 2.45) is 0 Å². The normalized spacial score (nSPS) is 14.8. The number of rotatable bonds is 8. The fourth-order valence-corrected chi connectivity index (χ4v) is 4.04. The predicted octanol–water partition coefficient (Wildman–Crippen LogP) is 3.43. The van der Waals surface area contributed by atoms with Crippen LogP contribution in [0.4, 0.5) is 0 Å². The first kappa shape index (κ1) is 23.0. The minimum atomic E-state index is 0.499. The Morgan fingerprint density at radius 2 is 1.37 bits per heavy atom. The Kier molecular flexibility index (Phi) is 6.73. The molecular weight excluding hydrogens is 448 g/mol. The summed E-state index contributed by atoms with van der Waals surface area (Å²) in [5.74, 6) is 3.67. The molecule has 10 heteroatoms. The molecule has 1 fully saturated rings. The Bertz CT molecular complexity index is 1260. The first-order chi connectivity index (χ1) is 17.1. The van der Waals surface area contributed by atoms with E-state index in [4.69, 9.17) is 18.5 Å². The summed E-state index contributed by atoms with van der Waals surface area (Å²) in [4.78, 5) is 13.7. The third kappa shape index (κ3) is 5.33. The molecule has 0 aliphatic carbocycles. The number of benzene rings is 2. The van der Waals surface area contributed by atoms with Crippen LogP contribution in [0.15, 0.2) is 51.5 Å². The van der Waals surface area contributed by atoms with Crippen LogP contribution in [-0.4, -0.2) is 70.5 Å². The van der Waals surface area contributed by atoms with E-state index in [1.807, 2.05) is 36.4 Å². The quantitative estimate of drug-likeness (QED) is 0.376. The first-order valence-electron chi connectivity index (χ1n) is 11.5. The lowest BCUT2D eigenvalue weighted by molar-refractivity contribution is 0.103. The molecule has 0 unspecified atom stereocenters. The van der Waals surface area contributed by atoms with Crippen molar-refractivity contribution in [3.63, 3.8) is 0 Å². The predicted molar refractivity (Wildman–Crippen MR) is 128 cm³/mol. The van der Waals surface area contributed by atoms with Gasteiger partial charge in [0.25, 0.3) is 0 Å². The van der Waals surface area contributed by atoms with Crippen molar-refractivity contribution in [1.82, 2.24) is 30.1 Å². The molecule has 3 heterocycles. The average molecular weight is 477 g/mol. The van der Waals surface area contributed by atoms with Gasteiger partial charge in [0.15, 0.2) is 0 Å². The van der Waals surface area contributed by atoms with Crippen LogP contribution in [0.5, 0.6) is 11.5 Å². The fraction of sp³-hybridized carbons (Fsp3) is 0.360. The molecular formula is C25H28N6O4. The molecule has 5 rings (SSSR count). The van der Waals surface area contributed by atoms with E-state index in [1.54, 1.807) is 20.3 Å². The first-order valence-corrected chi connectivity index (χ1v) is 11.5. The molecule has 0 saturated carbocycles. The smallest absolute Gasteiger partial charge is 0.241 e. The van der Waals surface area contributed by atoms with Gasteiger partial charge in [-0.1, -0.05) is 40.1 Å². The summed E-state index contributed by atoms with van der Waals surface area (Å²) in [5, 5.41) is 8.28. The van der Waals surface area contributed by atoms with E-state index in [0.29, 0.717) is 48.0 Å². The minimum absolute atomic E-state index is 0.499. The van der Waals surface area contributed by atoms with Gasteiger partial charge in [0.2, 0.25) is 23.4 Å². The lowest BCUT2D eigenvalue weighted by Gasteiger charge is -2.32. The lowest BCUT2D eigenvalue weighted by atomic mass is 10.1. The van der Waals surface area contributed by atoms with Gasteiger partial charge in [0.05, 0.1) is 32.9 Å². The van der Waals surface area contributed by atoms with E-state index >= 15 is 0 Å². The number of methoxy groups -OCH3 is 2. The van der Waals surface area contributed by atoms with Crippen LogP contribution in [0.2, 0.25) is 0 Å². The van der Waals surface area contributed by atoms with Crippen molar-refractivity contribution in [3.8, 4) is 34.3 Å². The summed E-state index contributed by atoms with van der Waals surface area (Å²) in [6.45, 7) is 6.81. The topological polar surface area (TPSA) is 103 Å². The van der Waals surface area contributed by atoms with Crippen LogP contribution in [0.25, 0.3) is 22.8 Å². The zero-order valence-electron chi connectivity index (χ0n) is 20.1. The summed E-state index contributed by atoms with van der Waals surface area (Å²) < 4.78 is 21.7. The maximum atomic E-state index is 5.52. The van der Waals surface area contributed by atoms with Crippen LogP contribution < -0.4 is 9.47 Å². The number of nitrogens with zero attached hydrogens (tertiary/aromatic N) is 6. The van der Waals surface area contributed by atoms with Crippen molar-refractivity contribution in [2.45, 2.75) is 20.0 Å². The van der Waals surface area contributed by atoms with Crippen LogP contribution >= 0.6 is 0 Å². The molecule has 0 atom stereocenters. The Morgan fingerprint density at radius 3 is 1.97 bits per heavy atom. The van der Waals surface area contributed by atoms with E-state index in [1.165, 1.54) is 5.56 Å². The van der Waals surface area contributed by atoms with Gasteiger partial charge in [-0.3, -0.25) is 9.80 Å². The van der Waals surface area contributed by atoms with E-state index in [9.17, 15) is 0 Å². The third-order valence-corrected chi connectivity index (χ3v) is 6.08. The zero-order chi connectivity index (χ0) is 24.2. The molecule has 4 aromatic rings. The second-order valence-corrected chi connectivity index (χ2v) is 8.51. The number of hydrogen-bond donors (Lipinski definition) is 0.